The zero-order chi connectivity index (χ0) is 9.54. The smallest absolute Gasteiger partial charge is 0.212 e. The van der Waals surface area contributed by atoms with E-state index in [0.717, 1.165) is 17.7 Å². The normalized spacial score (nSPS) is 11.5. The van der Waals surface area contributed by atoms with Gasteiger partial charge in [0, 0.05) is 11.9 Å². The minimum Gasteiger partial charge on any atom is -0.328 e. The van der Waals surface area contributed by atoms with E-state index < -0.39 is 0 Å². The van der Waals surface area contributed by atoms with Gasteiger partial charge in [-0.3, -0.25) is 4.40 Å². The molecular formula is C11H11N3. The van der Waals surface area contributed by atoms with Crippen LogP contribution in [0.1, 0.15) is 12.6 Å². The van der Waals surface area contributed by atoms with Crippen LogP contribution in [0.2, 0.25) is 0 Å². The van der Waals surface area contributed by atoms with E-state index in [0.29, 0.717) is 0 Å². The molecule has 3 rings (SSSR count). The molecule has 0 bridgehead atoms. The number of para-hydroxylation sites is 2. The number of aromatic amines is 1. The van der Waals surface area contributed by atoms with Crippen molar-refractivity contribution >= 4 is 16.8 Å². The van der Waals surface area contributed by atoms with Crippen molar-refractivity contribution in [2.45, 2.75) is 13.3 Å². The lowest BCUT2D eigenvalue weighted by Gasteiger charge is -1.88. The van der Waals surface area contributed by atoms with Crippen molar-refractivity contribution in [1.82, 2.24) is 14.4 Å². The predicted octanol–water partition coefficient (Wildman–Crippen LogP) is 2.38. The molecule has 2 aromatic heterocycles. The van der Waals surface area contributed by atoms with Gasteiger partial charge in [-0.05, 0) is 18.6 Å². The molecule has 0 saturated heterocycles. The van der Waals surface area contributed by atoms with Gasteiger partial charge in [0.2, 0.25) is 5.78 Å². The van der Waals surface area contributed by atoms with E-state index in [-0.39, 0.29) is 0 Å². The minimum absolute atomic E-state index is 0.933. The number of rotatable bonds is 1. The summed E-state index contributed by atoms with van der Waals surface area (Å²) in [6.45, 7) is 2.13. The third-order valence-corrected chi connectivity index (χ3v) is 2.53. The molecule has 0 amide bonds. The number of benzene rings is 1. The van der Waals surface area contributed by atoms with Crippen molar-refractivity contribution in [3.05, 3.63) is 36.2 Å². The van der Waals surface area contributed by atoms with Gasteiger partial charge in [-0.2, -0.15) is 0 Å². The third kappa shape index (κ3) is 0.894. The third-order valence-electron chi connectivity index (χ3n) is 2.53. The molecular weight excluding hydrogens is 174 g/mol. The second kappa shape index (κ2) is 2.61. The van der Waals surface area contributed by atoms with Crippen LogP contribution >= 0.6 is 0 Å². The van der Waals surface area contributed by atoms with Gasteiger partial charge in [-0.25, -0.2) is 4.98 Å². The maximum Gasteiger partial charge on any atom is 0.212 e. The van der Waals surface area contributed by atoms with Crippen molar-refractivity contribution in [2.24, 2.45) is 0 Å². The second-order valence-electron chi connectivity index (χ2n) is 3.43. The van der Waals surface area contributed by atoms with E-state index in [1.54, 1.807) is 0 Å². The van der Waals surface area contributed by atoms with Crippen LogP contribution in [0.4, 0.5) is 0 Å². The molecule has 3 aromatic rings. The highest BCUT2D eigenvalue weighted by Gasteiger charge is 2.05. The average Bonchev–Trinajstić information content (AvgIpc) is 2.73. The molecule has 1 aromatic carbocycles. The lowest BCUT2D eigenvalue weighted by molar-refractivity contribution is 1.07. The van der Waals surface area contributed by atoms with Gasteiger partial charge in [0.25, 0.3) is 0 Å². The Bertz CT molecular complexity index is 589. The van der Waals surface area contributed by atoms with Gasteiger partial charge < -0.3 is 4.98 Å². The summed E-state index contributed by atoms with van der Waals surface area (Å²) in [7, 11) is 0. The van der Waals surface area contributed by atoms with Crippen LogP contribution in [-0.2, 0) is 6.42 Å². The summed E-state index contributed by atoms with van der Waals surface area (Å²) < 4.78 is 2.11. The van der Waals surface area contributed by atoms with Gasteiger partial charge in [0.15, 0.2) is 0 Å². The van der Waals surface area contributed by atoms with Crippen LogP contribution in [-0.4, -0.2) is 14.4 Å². The minimum atomic E-state index is 0.933. The molecule has 3 heteroatoms. The highest BCUT2D eigenvalue weighted by molar-refractivity contribution is 5.79. The fraction of sp³-hybridized carbons (Fsp3) is 0.182. The van der Waals surface area contributed by atoms with Crippen molar-refractivity contribution in [3.63, 3.8) is 0 Å². The van der Waals surface area contributed by atoms with E-state index in [9.17, 15) is 0 Å². The van der Waals surface area contributed by atoms with E-state index in [2.05, 4.69) is 33.6 Å². The fourth-order valence-corrected chi connectivity index (χ4v) is 1.77. The summed E-state index contributed by atoms with van der Waals surface area (Å²) in [4.78, 5) is 7.78. The predicted molar refractivity (Wildman–Crippen MR) is 56.4 cm³/mol. The Morgan fingerprint density at radius 1 is 1.36 bits per heavy atom. The summed E-state index contributed by atoms with van der Waals surface area (Å²) in [6, 6.07) is 8.16. The van der Waals surface area contributed by atoms with Crippen LogP contribution in [0.5, 0.6) is 0 Å². The highest BCUT2D eigenvalue weighted by Crippen LogP contribution is 2.16. The molecule has 2 heterocycles. The van der Waals surface area contributed by atoms with Gasteiger partial charge in [0.05, 0.1) is 11.0 Å². The standard InChI is InChI=1S/C11H11N3/c1-2-8-7-14-10-6-4-3-5-9(10)13-11(14)12-8/h3-7H,2H2,1H3,(H,12,13). The molecule has 0 fully saturated rings. The van der Waals surface area contributed by atoms with Crippen LogP contribution < -0.4 is 0 Å². The topological polar surface area (TPSA) is 33.1 Å². The van der Waals surface area contributed by atoms with Gasteiger partial charge in [-0.1, -0.05) is 19.1 Å². The van der Waals surface area contributed by atoms with E-state index >= 15 is 0 Å². The van der Waals surface area contributed by atoms with E-state index in [4.69, 9.17) is 0 Å². The largest absolute Gasteiger partial charge is 0.328 e. The Kier molecular flexibility index (Phi) is 1.42. The summed E-state index contributed by atoms with van der Waals surface area (Å²) in [5, 5.41) is 0. The first kappa shape index (κ1) is 7.62. The van der Waals surface area contributed by atoms with Gasteiger partial charge >= 0.3 is 0 Å². The fourth-order valence-electron chi connectivity index (χ4n) is 1.77. The molecule has 0 atom stereocenters. The van der Waals surface area contributed by atoms with Gasteiger partial charge in [0.1, 0.15) is 0 Å². The highest BCUT2D eigenvalue weighted by atomic mass is 15.1. The lowest BCUT2D eigenvalue weighted by Crippen LogP contribution is -1.78. The first-order valence-corrected chi connectivity index (χ1v) is 4.83. The summed E-state index contributed by atoms with van der Waals surface area (Å²) in [6.07, 6.45) is 3.13. The summed E-state index contributed by atoms with van der Waals surface area (Å²) in [5.74, 6) is 0.933. The Hall–Kier alpha value is -1.77. The van der Waals surface area contributed by atoms with Crippen LogP contribution in [0, 0.1) is 0 Å². The number of aromatic nitrogens is 3. The number of nitrogens with zero attached hydrogens (tertiary/aromatic N) is 2. The van der Waals surface area contributed by atoms with Crippen LogP contribution in [0.3, 0.4) is 0 Å². The summed E-state index contributed by atoms with van der Waals surface area (Å²) >= 11 is 0. The Morgan fingerprint density at radius 3 is 3.07 bits per heavy atom. The Morgan fingerprint density at radius 2 is 2.21 bits per heavy atom. The van der Waals surface area contributed by atoms with E-state index in [1.807, 2.05) is 18.2 Å². The first-order valence-electron chi connectivity index (χ1n) is 4.83. The van der Waals surface area contributed by atoms with E-state index in [1.165, 1.54) is 11.2 Å². The first-order chi connectivity index (χ1) is 6.88. The Balaban J connectivity index is 2.45. The molecule has 0 radical (unpaired) electrons. The van der Waals surface area contributed by atoms with Crippen LogP contribution in [0.15, 0.2) is 30.5 Å². The number of hydrogen-bond donors (Lipinski definition) is 1. The average molecular weight is 185 g/mol. The zero-order valence-electron chi connectivity index (χ0n) is 7.99. The van der Waals surface area contributed by atoms with Crippen LogP contribution in [0.25, 0.3) is 16.8 Å². The van der Waals surface area contributed by atoms with Gasteiger partial charge in [-0.15, -0.1) is 0 Å². The van der Waals surface area contributed by atoms with Crippen molar-refractivity contribution in [1.29, 1.82) is 0 Å². The summed E-state index contributed by atoms with van der Waals surface area (Å²) in [5.41, 5.74) is 3.43. The second-order valence-corrected chi connectivity index (χ2v) is 3.43. The van der Waals surface area contributed by atoms with Crippen molar-refractivity contribution in [2.75, 3.05) is 0 Å². The molecule has 3 nitrogen and oxygen atoms in total. The maximum atomic E-state index is 4.49. The molecule has 0 aliphatic heterocycles. The number of H-pyrrole nitrogens is 1. The SMILES string of the molecule is CCc1cn2c(nc3ccccc32)[nH]1. The Labute approximate surface area is 81.4 Å². The monoisotopic (exact) mass is 185 g/mol. The molecule has 0 aliphatic rings. The molecule has 14 heavy (non-hydrogen) atoms. The number of hydrogen-bond acceptors (Lipinski definition) is 1. The molecule has 0 aliphatic carbocycles. The van der Waals surface area contributed by atoms with Crippen molar-refractivity contribution in [3.8, 4) is 0 Å². The number of nitrogens with one attached hydrogen (secondary N) is 1. The number of imidazole rings is 2. The molecule has 0 spiro atoms. The maximum absolute atomic E-state index is 4.49. The quantitative estimate of drug-likeness (QED) is 0.620. The zero-order valence-corrected chi connectivity index (χ0v) is 7.99. The molecule has 70 valence electrons. The lowest BCUT2D eigenvalue weighted by atomic mass is 10.3. The molecule has 0 saturated carbocycles. The number of aryl methyl sites for hydroxylation is 1. The number of fused-ring (bicyclic) bond motifs is 3. The van der Waals surface area contributed by atoms with Crippen molar-refractivity contribution < 1.29 is 0 Å². The molecule has 0 unspecified atom stereocenters. The molecule has 1 N–H and O–H groups in total.